The molecule has 1 amide bonds. The van der Waals surface area contributed by atoms with Crippen molar-refractivity contribution >= 4 is 18.3 Å². The summed E-state index contributed by atoms with van der Waals surface area (Å²) in [5.74, 6) is -1.60. The first-order valence-corrected chi connectivity index (χ1v) is 7.83. The first kappa shape index (κ1) is 20.8. The van der Waals surface area contributed by atoms with Crippen molar-refractivity contribution in [1.29, 1.82) is 0 Å². The Kier molecular flexibility index (Phi) is 7.13. The lowest BCUT2D eigenvalue weighted by Gasteiger charge is -2.33. The Bertz CT molecular complexity index is 578. The van der Waals surface area contributed by atoms with Crippen LogP contribution in [0.15, 0.2) is 18.2 Å². The minimum Gasteiger partial charge on any atom is -0.364 e. The maximum absolute atomic E-state index is 14.1. The molecule has 1 aliphatic heterocycles. The van der Waals surface area contributed by atoms with Gasteiger partial charge in [-0.3, -0.25) is 4.79 Å². The number of nitrogens with two attached hydrogens (primary N) is 1. The lowest BCUT2D eigenvalue weighted by Crippen LogP contribution is -2.42. The van der Waals surface area contributed by atoms with Gasteiger partial charge in [-0.05, 0) is 24.3 Å². The van der Waals surface area contributed by atoms with E-state index in [1.165, 1.54) is 12.1 Å². The topological polar surface area (TPSA) is 64.4 Å². The maximum atomic E-state index is 14.1. The van der Waals surface area contributed by atoms with Crippen molar-refractivity contribution in [1.82, 2.24) is 5.32 Å². The highest BCUT2D eigenvalue weighted by Crippen LogP contribution is 2.35. The molecular weight excluding hydrogens is 338 g/mol. The molecule has 0 radical (unpaired) electrons. The summed E-state index contributed by atoms with van der Waals surface area (Å²) in [4.78, 5) is 12.4. The molecule has 0 aromatic heterocycles. The number of carbonyl (C=O) groups is 1. The maximum Gasteiger partial charge on any atom is 0.249 e. The van der Waals surface area contributed by atoms with Gasteiger partial charge in [-0.25, -0.2) is 8.78 Å². The number of benzene rings is 1. The van der Waals surface area contributed by atoms with Crippen molar-refractivity contribution in [2.75, 3.05) is 6.54 Å². The molecule has 0 aliphatic carbocycles. The molecule has 7 heteroatoms. The lowest BCUT2D eigenvalue weighted by atomic mass is 9.82. The Balaban J connectivity index is 0.00000288. The van der Waals surface area contributed by atoms with Crippen molar-refractivity contribution in [3.05, 3.63) is 35.4 Å². The molecule has 2 rings (SSSR count). The van der Waals surface area contributed by atoms with E-state index >= 15 is 0 Å². The van der Waals surface area contributed by atoms with Crippen LogP contribution in [-0.4, -0.2) is 24.7 Å². The quantitative estimate of drug-likeness (QED) is 0.865. The van der Waals surface area contributed by atoms with Gasteiger partial charge in [-0.15, -0.1) is 12.4 Å². The molecule has 0 saturated carbocycles. The molecular formula is C17H25ClF2N2O2. The van der Waals surface area contributed by atoms with E-state index in [9.17, 15) is 13.6 Å². The third-order valence-electron chi connectivity index (χ3n) is 4.09. The minimum atomic E-state index is -0.669. The van der Waals surface area contributed by atoms with E-state index in [1.54, 1.807) is 0 Å². The Labute approximate surface area is 147 Å². The van der Waals surface area contributed by atoms with E-state index in [0.29, 0.717) is 13.0 Å². The number of halogens is 3. The van der Waals surface area contributed by atoms with E-state index in [4.69, 9.17) is 10.5 Å². The van der Waals surface area contributed by atoms with Gasteiger partial charge in [0.05, 0.1) is 12.1 Å². The summed E-state index contributed by atoms with van der Waals surface area (Å²) in [6.07, 6.45) is 0.647. The second kappa shape index (κ2) is 8.23. The normalized spacial score (nSPS) is 21.9. The molecule has 1 aliphatic rings. The van der Waals surface area contributed by atoms with Gasteiger partial charge in [0.1, 0.15) is 17.7 Å². The number of ether oxygens (including phenoxy) is 1. The fourth-order valence-electron chi connectivity index (χ4n) is 2.80. The van der Waals surface area contributed by atoms with Crippen LogP contribution in [0.2, 0.25) is 0 Å². The second-order valence-corrected chi connectivity index (χ2v) is 7.03. The van der Waals surface area contributed by atoms with Crippen LogP contribution in [0.1, 0.15) is 45.2 Å². The van der Waals surface area contributed by atoms with Gasteiger partial charge in [0.2, 0.25) is 5.91 Å². The van der Waals surface area contributed by atoms with E-state index in [-0.39, 0.29) is 30.0 Å². The third-order valence-corrected chi connectivity index (χ3v) is 4.09. The van der Waals surface area contributed by atoms with E-state index < -0.39 is 29.2 Å². The average molecular weight is 363 g/mol. The van der Waals surface area contributed by atoms with Crippen LogP contribution in [0.4, 0.5) is 8.78 Å². The highest BCUT2D eigenvalue weighted by molar-refractivity contribution is 5.85. The summed E-state index contributed by atoms with van der Waals surface area (Å²) < 4.78 is 32.9. The summed E-state index contributed by atoms with van der Waals surface area (Å²) in [6, 6.07) is 2.81. The summed E-state index contributed by atoms with van der Waals surface area (Å²) in [5.41, 5.74) is 5.37. The zero-order chi connectivity index (χ0) is 17.2. The van der Waals surface area contributed by atoms with Gasteiger partial charge in [-0.2, -0.15) is 0 Å². The Morgan fingerprint density at radius 1 is 1.38 bits per heavy atom. The molecule has 3 atom stereocenters. The number of hydrogen-bond acceptors (Lipinski definition) is 3. The molecule has 1 aromatic carbocycles. The van der Waals surface area contributed by atoms with E-state index in [2.05, 4.69) is 5.32 Å². The molecule has 0 bridgehead atoms. The zero-order valence-electron chi connectivity index (χ0n) is 14.1. The number of rotatable bonds is 4. The van der Waals surface area contributed by atoms with Crippen LogP contribution < -0.4 is 11.1 Å². The first-order valence-electron chi connectivity index (χ1n) is 7.83. The SMILES string of the molecule is CC(C)(C)C(NC(=O)[C@@H]1CC[C@H](CN)O1)c1ccc(F)cc1F.Cl. The number of carbonyl (C=O) groups excluding carboxylic acids is 1. The smallest absolute Gasteiger partial charge is 0.249 e. The fraction of sp³-hybridized carbons (Fsp3) is 0.588. The summed E-state index contributed by atoms with van der Waals surface area (Å²) in [7, 11) is 0. The average Bonchev–Trinajstić information content (AvgIpc) is 2.93. The minimum absolute atomic E-state index is 0. The summed E-state index contributed by atoms with van der Waals surface area (Å²) in [5, 5.41) is 2.85. The van der Waals surface area contributed by atoms with Crippen molar-refractivity contribution in [2.24, 2.45) is 11.1 Å². The number of hydrogen-bond donors (Lipinski definition) is 2. The number of nitrogens with one attached hydrogen (secondary N) is 1. The van der Waals surface area contributed by atoms with Gasteiger partial charge in [0.25, 0.3) is 0 Å². The Hall–Kier alpha value is -1.24. The number of amides is 1. The van der Waals surface area contributed by atoms with Crippen LogP contribution in [-0.2, 0) is 9.53 Å². The van der Waals surface area contributed by atoms with Gasteiger partial charge < -0.3 is 15.8 Å². The Morgan fingerprint density at radius 3 is 2.54 bits per heavy atom. The van der Waals surface area contributed by atoms with Crippen molar-refractivity contribution in [3.8, 4) is 0 Å². The molecule has 1 unspecified atom stereocenters. The lowest BCUT2D eigenvalue weighted by molar-refractivity contribution is -0.133. The van der Waals surface area contributed by atoms with Gasteiger partial charge in [-0.1, -0.05) is 26.8 Å². The molecule has 24 heavy (non-hydrogen) atoms. The summed E-state index contributed by atoms with van der Waals surface area (Å²) in [6.45, 7) is 6.04. The third kappa shape index (κ3) is 4.88. The second-order valence-electron chi connectivity index (χ2n) is 7.03. The predicted molar refractivity (Wildman–Crippen MR) is 90.9 cm³/mol. The Morgan fingerprint density at radius 2 is 2.04 bits per heavy atom. The van der Waals surface area contributed by atoms with Crippen LogP contribution in [0, 0.1) is 17.0 Å². The van der Waals surface area contributed by atoms with Crippen LogP contribution in [0.3, 0.4) is 0 Å². The van der Waals surface area contributed by atoms with Crippen molar-refractivity contribution in [2.45, 2.75) is 51.9 Å². The molecule has 1 aromatic rings. The molecule has 1 saturated heterocycles. The molecule has 1 heterocycles. The standard InChI is InChI=1S/C17H24F2N2O2.ClH/c1-17(2,3)15(12-6-4-10(18)8-13(12)19)21-16(22)14-7-5-11(9-20)23-14;/h4,6,8,11,14-15H,5,7,9,20H2,1-3H3,(H,21,22);1H/t11-,14+,15?;/m1./s1. The first-order chi connectivity index (χ1) is 10.7. The molecule has 3 N–H and O–H groups in total. The van der Waals surface area contributed by atoms with Crippen LogP contribution in [0.25, 0.3) is 0 Å². The molecule has 4 nitrogen and oxygen atoms in total. The highest BCUT2D eigenvalue weighted by atomic mass is 35.5. The predicted octanol–water partition coefficient (Wildman–Crippen LogP) is 3.10. The zero-order valence-corrected chi connectivity index (χ0v) is 15.0. The molecule has 136 valence electrons. The largest absolute Gasteiger partial charge is 0.364 e. The van der Waals surface area contributed by atoms with Gasteiger partial charge in [0, 0.05) is 18.2 Å². The van der Waals surface area contributed by atoms with Crippen LogP contribution in [0.5, 0.6) is 0 Å². The van der Waals surface area contributed by atoms with Crippen LogP contribution >= 0.6 is 12.4 Å². The van der Waals surface area contributed by atoms with Gasteiger partial charge in [0.15, 0.2) is 0 Å². The fourth-order valence-corrected chi connectivity index (χ4v) is 2.80. The van der Waals surface area contributed by atoms with E-state index in [0.717, 1.165) is 12.5 Å². The van der Waals surface area contributed by atoms with Crippen molar-refractivity contribution < 1.29 is 18.3 Å². The molecule has 0 spiro atoms. The monoisotopic (exact) mass is 362 g/mol. The summed E-state index contributed by atoms with van der Waals surface area (Å²) >= 11 is 0. The van der Waals surface area contributed by atoms with Crippen molar-refractivity contribution in [3.63, 3.8) is 0 Å². The molecule has 1 fully saturated rings. The van der Waals surface area contributed by atoms with Gasteiger partial charge >= 0.3 is 0 Å². The van der Waals surface area contributed by atoms with E-state index in [1.807, 2.05) is 20.8 Å². The highest BCUT2D eigenvalue weighted by Gasteiger charge is 2.35.